The standard InChI is InChI=1S/C26H24N4O2S/c1-17-4-6-19(7-5-17)16-33-26-29-22-12-13-27-14-24(22)30(26)15-23-18(2)32-25(28-23)20-8-10-21(31-3)11-9-20/h4-14H,15-16H2,1-3H3. The second-order valence-electron chi connectivity index (χ2n) is 7.87. The van der Waals surface area contributed by atoms with Gasteiger partial charge < -0.3 is 13.7 Å². The van der Waals surface area contributed by atoms with Crippen LogP contribution in [-0.4, -0.2) is 26.6 Å². The van der Waals surface area contributed by atoms with Crippen LogP contribution in [-0.2, 0) is 12.3 Å². The monoisotopic (exact) mass is 456 g/mol. The van der Waals surface area contributed by atoms with Crippen molar-refractivity contribution in [2.24, 2.45) is 0 Å². The molecule has 0 bridgehead atoms. The molecule has 2 aromatic carbocycles. The van der Waals surface area contributed by atoms with E-state index in [1.54, 1.807) is 25.1 Å². The van der Waals surface area contributed by atoms with Crippen molar-refractivity contribution < 1.29 is 9.15 Å². The van der Waals surface area contributed by atoms with Crippen LogP contribution in [0, 0.1) is 13.8 Å². The molecule has 3 aromatic heterocycles. The minimum Gasteiger partial charge on any atom is -0.497 e. The summed E-state index contributed by atoms with van der Waals surface area (Å²) in [6, 6.07) is 18.3. The quantitative estimate of drug-likeness (QED) is 0.278. The summed E-state index contributed by atoms with van der Waals surface area (Å²) in [5.41, 5.74) is 6.22. The average molecular weight is 457 g/mol. The first-order valence-corrected chi connectivity index (χ1v) is 11.7. The molecular weight excluding hydrogens is 432 g/mol. The smallest absolute Gasteiger partial charge is 0.226 e. The SMILES string of the molecule is COc1ccc(-c2nc(Cn3c(SCc4ccc(C)cc4)nc4ccncc43)c(C)o2)cc1. The van der Waals surface area contributed by atoms with Crippen LogP contribution in [0.2, 0.25) is 0 Å². The second-order valence-corrected chi connectivity index (χ2v) is 8.81. The number of aryl methyl sites for hydroxylation is 2. The molecule has 0 spiro atoms. The molecule has 6 nitrogen and oxygen atoms in total. The summed E-state index contributed by atoms with van der Waals surface area (Å²) in [7, 11) is 1.65. The minimum atomic E-state index is 0.559. The van der Waals surface area contributed by atoms with Crippen molar-refractivity contribution in [3.63, 3.8) is 0 Å². The van der Waals surface area contributed by atoms with E-state index in [1.165, 1.54) is 11.1 Å². The van der Waals surface area contributed by atoms with Crippen molar-refractivity contribution in [2.45, 2.75) is 31.3 Å². The zero-order chi connectivity index (χ0) is 22.8. The Bertz CT molecular complexity index is 1390. The lowest BCUT2D eigenvalue weighted by atomic mass is 10.2. The van der Waals surface area contributed by atoms with Crippen molar-refractivity contribution in [2.75, 3.05) is 7.11 Å². The highest BCUT2D eigenvalue weighted by Crippen LogP contribution is 2.29. The van der Waals surface area contributed by atoms with Crippen molar-refractivity contribution in [1.29, 1.82) is 0 Å². The Morgan fingerprint density at radius 1 is 0.970 bits per heavy atom. The highest BCUT2D eigenvalue weighted by molar-refractivity contribution is 7.98. The fourth-order valence-corrected chi connectivity index (χ4v) is 4.59. The molecule has 0 aliphatic heterocycles. The maximum Gasteiger partial charge on any atom is 0.226 e. The fourth-order valence-electron chi connectivity index (χ4n) is 3.62. The molecule has 7 heteroatoms. The van der Waals surface area contributed by atoms with Crippen LogP contribution in [0.4, 0.5) is 0 Å². The molecule has 0 atom stereocenters. The van der Waals surface area contributed by atoms with Crippen LogP contribution in [0.15, 0.2) is 76.6 Å². The Kier molecular flexibility index (Phi) is 5.88. The Hall–Kier alpha value is -3.58. The Morgan fingerprint density at radius 3 is 2.52 bits per heavy atom. The van der Waals surface area contributed by atoms with E-state index in [0.29, 0.717) is 12.4 Å². The molecule has 5 rings (SSSR count). The highest BCUT2D eigenvalue weighted by Gasteiger charge is 2.17. The molecule has 166 valence electrons. The molecule has 0 saturated carbocycles. The predicted molar refractivity (Wildman–Crippen MR) is 131 cm³/mol. The maximum atomic E-state index is 6.01. The molecule has 0 radical (unpaired) electrons. The summed E-state index contributed by atoms with van der Waals surface area (Å²) in [4.78, 5) is 14.0. The first kappa shape index (κ1) is 21.3. The lowest BCUT2D eigenvalue weighted by Gasteiger charge is -2.08. The van der Waals surface area contributed by atoms with Crippen LogP contribution in [0.5, 0.6) is 5.75 Å². The number of pyridine rings is 1. The molecule has 0 aliphatic carbocycles. The number of methoxy groups -OCH3 is 1. The normalized spacial score (nSPS) is 11.2. The van der Waals surface area contributed by atoms with Crippen molar-refractivity contribution >= 4 is 22.8 Å². The number of thioether (sulfide) groups is 1. The van der Waals surface area contributed by atoms with Crippen molar-refractivity contribution in [3.05, 3.63) is 89.6 Å². The predicted octanol–water partition coefficient (Wildman–Crippen LogP) is 6.05. The number of rotatable bonds is 7. The van der Waals surface area contributed by atoms with Crippen molar-refractivity contribution in [3.8, 4) is 17.2 Å². The zero-order valence-corrected chi connectivity index (χ0v) is 19.6. The van der Waals surface area contributed by atoms with Gasteiger partial charge in [-0.1, -0.05) is 41.6 Å². The van der Waals surface area contributed by atoms with Gasteiger partial charge in [-0.2, -0.15) is 0 Å². The zero-order valence-electron chi connectivity index (χ0n) is 18.8. The number of nitrogens with zero attached hydrogens (tertiary/aromatic N) is 4. The van der Waals surface area contributed by atoms with Gasteiger partial charge in [0.25, 0.3) is 0 Å². The summed E-state index contributed by atoms with van der Waals surface area (Å²) in [6.07, 6.45) is 3.63. The summed E-state index contributed by atoms with van der Waals surface area (Å²) in [5, 5.41) is 0.937. The van der Waals surface area contributed by atoms with Gasteiger partial charge in [0.05, 0.1) is 30.9 Å². The van der Waals surface area contributed by atoms with Gasteiger partial charge >= 0.3 is 0 Å². The Morgan fingerprint density at radius 2 is 1.76 bits per heavy atom. The van der Waals surface area contributed by atoms with Crippen molar-refractivity contribution in [1.82, 2.24) is 19.5 Å². The number of oxazole rings is 1. The fraction of sp³-hybridized carbons (Fsp3) is 0.192. The third kappa shape index (κ3) is 4.50. The molecular formula is C26H24N4O2S. The third-order valence-electron chi connectivity index (χ3n) is 5.54. The van der Waals surface area contributed by atoms with E-state index in [1.807, 2.05) is 43.5 Å². The molecule has 0 aliphatic rings. The van der Waals surface area contributed by atoms with Crippen LogP contribution in [0.3, 0.4) is 0 Å². The van der Waals surface area contributed by atoms with Gasteiger partial charge in [0.2, 0.25) is 5.89 Å². The molecule has 33 heavy (non-hydrogen) atoms. The lowest BCUT2D eigenvalue weighted by Crippen LogP contribution is -2.03. The van der Waals surface area contributed by atoms with Gasteiger partial charge in [0.15, 0.2) is 5.16 Å². The molecule has 0 fully saturated rings. The number of imidazole rings is 1. The molecule has 0 N–H and O–H groups in total. The summed E-state index contributed by atoms with van der Waals surface area (Å²) >= 11 is 1.72. The highest BCUT2D eigenvalue weighted by atomic mass is 32.2. The molecule has 0 unspecified atom stereocenters. The van der Waals surface area contributed by atoms with Crippen LogP contribution in [0.1, 0.15) is 22.6 Å². The summed E-state index contributed by atoms with van der Waals surface area (Å²) in [5.74, 6) is 3.03. The van der Waals surface area contributed by atoms with Crippen LogP contribution < -0.4 is 4.74 Å². The summed E-state index contributed by atoms with van der Waals surface area (Å²) < 4.78 is 13.4. The Balaban J connectivity index is 1.45. The largest absolute Gasteiger partial charge is 0.497 e. The van der Waals surface area contributed by atoms with E-state index in [-0.39, 0.29) is 0 Å². The summed E-state index contributed by atoms with van der Waals surface area (Å²) in [6.45, 7) is 4.61. The third-order valence-corrected chi connectivity index (χ3v) is 6.59. The van der Waals surface area contributed by atoms with E-state index < -0.39 is 0 Å². The van der Waals surface area contributed by atoms with E-state index in [0.717, 1.165) is 44.7 Å². The minimum absolute atomic E-state index is 0.559. The van der Waals surface area contributed by atoms with Gasteiger partial charge in [0, 0.05) is 17.5 Å². The number of hydrogen-bond donors (Lipinski definition) is 0. The number of fused-ring (bicyclic) bond motifs is 1. The number of ether oxygens (including phenoxy) is 1. The number of benzene rings is 2. The maximum absolute atomic E-state index is 6.01. The number of hydrogen-bond acceptors (Lipinski definition) is 6. The van der Waals surface area contributed by atoms with E-state index >= 15 is 0 Å². The molecule has 3 heterocycles. The van der Waals surface area contributed by atoms with E-state index in [4.69, 9.17) is 19.1 Å². The topological polar surface area (TPSA) is 66.0 Å². The lowest BCUT2D eigenvalue weighted by molar-refractivity contribution is 0.415. The van der Waals surface area contributed by atoms with E-state index in [2.05, 4.69) is 40.7 Å². The molecule has 0 amide bonds. The average Bonchev–Trinajstić information content (AvgIpc) is 3.39. The van der Waals surface area contributed by atoms with Crippen LogP contribution >= 0.6 is 11.8 Å². The number of aromatic nitrogens is 4. The molecule has 0 saturated heterocycles. The van der Waals surface area contributed by atoms with E-state index in [9.17, 15) is 0 Å². The second kappa shape index (κ2) is 9.11. The van der Waals surface area contributed by atoms with Crippen LogP contribution in [0.25, 0.3) is 22.5 Å². The van der Waals surface area contributed by atoms with Gasteiger partial charge in [-0.05, 0) is 49.7 Å². The Labute approximate surface area is 196 Å². The van der Waals surface area contributed by atoms with Gasteiger partial charge in [0.1, 0.15) is 17.2 Å². The van der Waals surface area contributed by atoms with Gasteiger partial charge in [-0.3, -0.25) is 4.98 Å². The first-order chi connectivity index (χ1) is 16.1. The first-order valence-electron chi connectivity index (χ1n) is 10.7. The molecule has 5 aromatic rings. The van der Waals surface area contributed by atoms with Gasteiger partial charge in [-0.25, -0.2) is 9.97 Å². The van der Waals surface area contributed by atoms with Gasteiger partial charge in [-0.15, -0.1) is 0 Å².